The number of carbonyl (C=O) groups excluding carboxylic acids is 4. The number of piperidine rings is 2. The lowest BCUT2D eigenvalue weighted by Crippen LogP contribution is -2.69. The number of anilines is 2. The first-order valence-electron chi connectivity index (χ1n) is 19.5. The van der Waals surface area contributed by atoms with E-state index in [1.54, 1.807) is 12.1 Å². The molecule has 4 saturated heterocycles. The summed E-state index contributed by atoms with van der Waals surface area (Å²) in [5, 5.41) is 8.16. The van der Waals surface area contributed by atoms with Crippen LogP contribution in [-0.4, -0.2) is 90.9 Å². The van der Waals surface area contributed by atoms with Crippen molar-refractivity contribution in [2.75, 3.05) is 30.3 Å². The van der Waals surface area contributed by atoms with Crippen molar-refractivity contribution in [3.63, 3.8) is 0 Å². The average Bonchev–Trinajstić information content (AvgIpc) is 3.73. The van der Waals surface area contributed by atoms with Crippen molar-refractivity contribution < 1.29 is 23.9 Å². The monoisotopic (exact) mass is 751 g/mol. The van der Waals surface area contributed by atoms with E-state index in [2.05, 4.69) is 29.8 Å². The molecule has 3 N–H and O–H groups in total. The highest BCUT2D eigenvalue weighted by Gasteiger charge is 2.47. The van der Waals surface area contributed by atoms with Crippen molar-refractivity contribution >= 4 is 46.2 Å². The van der Waals surface area contributed by atoms with E-state index in [0.29, 0.717) is 34.9 Å². The van der Waals surface area contributed by atoms with Gasteiger partial charge in [-0.05, 0) is 99.0 Å². The van der Waals surface area contributed by atoms with Crippen molar-refractivity contribution in [3.8, 4) is 22.8 Å². The number of hydrogen-bond acceptors (Lipinski definition) is 11. The number of benzene rings is 3. The summed E-state index contributed by atoms with van der Waals surface area (Å²) in [6.07, 6.45) is 7.10. The molecule has 1 saturated carbocycles. The van der Waals surface area contributed by atoms with Gasteiger partial charge in [0.2, 0.25) is 11.8 Å². The molecule has 5 aliphatic heterocycles. The largest absolute Gasteiger partial charge is 0.457 e. The predicted molar refractivity (Wildman–Crippen MR) is 207 cm³/mol. The molecular weight excluding hydrogens is 711 g/mol. The van der Waals surface area contributed by atoms with Gasteiger partial charge in [-0.1, -0.05) is 18.2 Å². The van der Waals surface area contributed by atoms with Gasteiger partial charge in [-0.25, -0.2) is 14.6 Å². The molecule has 5 aromatic rings. The lowest BCUT2D eigenvalue weighted by atomic mass is 9.81. The molecule has 3 unspecified atom stereocenters. The highest BCUT2D eigenvalue weighted by Crippen LogP contribution is 2.42. The molecule has 7 heterocycles. The summed E-state index contributed by atoms with van der Waals surface area (Å²) < 4.78 is 8.08. The zero-order valence-electron chi connectivity index (χ0n) is 30.7. The third-order valence-corrected chi connectivity index (χ3v) is 12.4. The van der Waals surface area contributed by atoms with Crippen LogP contribution in [0.3, 0.4) is 0 Å². The maximum atomic E-state index is 13.4. The Hall–Kier alpha value is -6.15. The van der Waals surface area contributed by atoms with Crippen LogP contribution in [-0.2, 0) is 9.59 Å². The Labute approximate surface area is 322 Å². The number of hydrogen-bond donors (Lipinski definition) is 2. The van der Waals surface area contributed by atoms with Crippen molar-refractivity contribution in [3.05, 3.63) is 90.3 Å². The highest BCUT2D eigenvalue weighted by molar-refractivity contribution is 6.23. The van der Waals surface area contributed by atoms with Crippen LogP contribution in [0, 0.1) is 5.92 Å². The summed E-state index contributed by atoms with van der Waals surface area (Å²) in [7, 11) is 0. The highest BCUT2D eigenvalue weighted by atomic mass is 16.5. The first kappa shape index (κ1) is 34.3. The van der Waals surface area contributed by atoms with Gasteiger partial charge in [0.15, 0.2) is 5.65 Å². The molecule has 3 atom stereocenters. The van der Waals surface area contributed by atoms with Crippen LogP contribution in [0.4, 0.5) is 11.5 Å². The molecular formula is C42H41N9O5. The Bertz CT molecular complexity index is 2380. The van der Waals surface area contributed by atoms with E-state index in [4.69, 9.17) is 15.6 Å². The van der Waals surface area contributed by atoms with E-state index in [-0.39, 0.29) is 24.8 Å². The summed E-state index contributed by atoms with van der Waals surface area (Å²) in [6.45, 7) is 2.77. The Morgan fingerprint density at radius 2 is 1.52 bits per heavy atom. The number of nitrogen functional groups attached to an aromatic ring is 1. The van der Waals surface area contributed by atoms with Crippen molar-refractivity contribution in [1.82, 2.24) is 34.9 Å². The van der Waals surface area contributed by atoms with E-state index >= 15 is 0 Å². The molecule has 3 aromatic carbocycles. The number of fused-ring (bicyclic) bond motifs is 4. The molecule has 5 fully saturated rings. The number of rotatable bonds is 8. The second-order valence-electron chi connectivity index (χ2n) is 15.7. The first-order valence-corrected chi connectivity index (χ1v) is 19.5. The number of imide groups is 2. The fourth-order valence-electron chi connectivity index (χ4n) is 9.48. The van der Waals surface area contributed by atoms with Gasteiger partial charge in [0, 0.05) is 49.4 Å². The lowest BCUT2D eigenvalue weighted by Gasteiger charge is -2.58. The molecule has 0 spiro atoms. The predicted octanol–water partition coefficient (Wildman–Crippen LogP) is 4.96. The Morgan fingerprint density at radius 1 is 0.786 bits per heavy atom. The van der Waals surface area contributed by atoms with E-state index in [0.717, 1.165) is 96.1 Å². The number of amides is 4. The Balaban J connectivity index is 0.776. The van der Waals surface area contributed by atoms with Gasteiger partial charge >= 0.3 is 0 Å². The normalized spacial score (nSPS) is 25.0. The lowest BCUT2D eigenvalue weighted by molar-refractivity contribution is -0.136. The number of para-hydroxylation sites is 1. The van der Waals surface area contributed by atoms with Crippen LogP contribution in [0.1, 0.15) is 71.7 Å². The standard InChI is InChI=1S/C42H41N9O5/c43-38-36-37(25-8-13-31(14-9-25)56-30-4-2-1-3-5-30)47-51(39(36)45-23-44-38)26-10-6-24(7-11-26)20-49-28-18-29(49)22-48(21-28)27-12-15-32-33(19-27)42(55)50(41(32)54)34-16-17-35(52)46-40(34)53/h1-5,8-9,12-15,19,23-24,26,28-29,34H,6-7,10-11,16-18,20-22H2,(H2,43,44,45)(H,46,52,53). The maximum absolute atomic E-state index is 13.4. The third-order valence-electron chi connectivity index (χ3n) is 12.4. The minimum absolute atomic E-state index is 0.0967. The number of aromatic nitrogens is 4. The molecule has 6 aliphatic rings. The summed E-state index contributed by atoms with van der Waals surface area (Å²) in [4.78, 5) is 65.8. The van der Waals surface area contributed by atoms with Gasteiger partial charge in [0.1, 0.15) is 35.4 Å². The van der Waals surface area contributed by atoms with E-state index in [9.17, 15) is 19.2 Å². The minimum Gasteiger partial charge on any atom is -0.457 e. The van der Waals surface area contributed by atoms with Crippen molar-refractivity contribution in [2.45, 2.75) is 69.1 Å². The molecule has 4 amide bonds. The molecule has 2 aromatic heterocycles. The number of nitrogens with one attached hydrogen (secondary N) is 1. The Kier molecular flexibility index (Phi) is 8.31. The fraction of sp³-hybridized carbons (Fsp3) is 0.357. The van der Waals surface area contributed by atoms with Gasteiger partial charge in [-0.3, -0.25) is 34.3 Å². The zero-order chi connectivity index (χ0) is 38.1. The first-order chi connectivity index (χ1) is 27.3. The molecule has 14 heteroatoms. The van der Waals surface area contributed by atoms with Gasteiger partial charge in [-0.2, -0.15) is 5.10 Å². The van der Waals surface area contributed by atoms with E-state index in [1.807, 2.05) is 60.7 Å². The summed E-state index contributed by atoms with van der Waals surface area (Å²) in [5.74, 6) is 0.582. The van der Waals surface area contributed by atoms with Crippen LogP contribution in [0.2, 0.25) is 0 Å². The number of ether oxygens (including phenoxy) is 1. The van der Waals surface area contributed by atoms with Crippen molar-refractivity contribution in [1.29, 1.82) is 0 Å². The third kappa shape index (κ3) is 5.86. The summed E-state index contributed by atoms with van der Waals surface area (Å²) in [6, 6.07) is 23.1. The van der Waals surface area contributed by atoms with E-state index < -0.39 is 23.8 Å². The van der Waals surface area contributed by atoms with Gasteiger partial charge in [0.05, 0.1) is 22.6 Å². The molecule has 284 valence electrons. The molecule has 56 heavy (non-hydrogen) atoms. The van der Waals surface area contributed by atoms with Gasteiger partial charge in [-0.15, -0.1) is 0 Å². The topological polar surface area (TPSA) is 169 Å². The van der Waals surface area contributed by atoms with Crippen LogP contribution in [0.25, 0.3) is 22.3 Å². The fourth-order valence-corrected chi connectivity index (χ4v) is 9.48. The zero-order valence-corrected chi connectivity index (χ0v) is 30.7. The molecule has 11 rings (SSSR count). The molecule has 2 bridgehead atoms. The number of piperazine rings is 1. The SMILES string of the molecule is Nc1ncnc2c1c(-c1ccc(Oc3ccccc3)cc1)nn2C1CCC(CN2C3CC2CN(c2ccc4c(c2)C(=O)N(C2CCC(=O)NC2=O)C4=O)C3)CC1. The summed E-state index contributed by atoms with van der Waals surface area (Å²) >= 11 is 0. The number of nitrogens with two attached hydrogens (primary N) is 1. The second kappa shape index (κ2) is 13.6. The van der Waals surface area contributed by atoms with Crippen LogP contribution in [0.5, 0.6) is 11.5 Å². The number of nitrogens with zero attached hydrogens (tertiary/aromatic N) is 7. The van der Waals surface area contributed by atoms with Gasteiger partial charge < -0.3 is 15.4 Å². The van der Waals surface area contributed by atoms with Crippen LogP contribution < -0.4 is 20.7 Å². The second-order valence-corrected chi connectivity index (χ2v) is 15.7. The van der Waals surface area contributed by atoms with Crippen LogP contribution in [0.15, 0.2) is 79.1 Å². The summed E-state index contributed by atoms with van der Waals surface area (Å²) in [5.41, 5.74) is 10.5. The quantitative estimate of drug-likeness (QED) is 0.206. The maximum Gasteiger partial charge on any atom is 0.262 e. The Morgan fingerprint density at radius 3 is 2.27 bits per heavy atom. The smallest absolute Gasteiger partial charge is 0.262 e. The molecule has 1 aliphatic carbocycles. The van der Waals surface area contributed by atoms with E-state index in [1.165, 1.54) is 6.33 Å². The van der Waals surface area contributed by atoms with Crippen molar-refractivity contribution in [2.24, 2.45) is 5.92 Å². The van der Waals surface area contributed by atoms with Crippen LogP contribution >= 0.6 is 0 Å². The number of carbonyl (C=O) groups is 4. The average molecular weight is 752 g/mol. The van der Waals surface area contributed by atoms with Gasteiger partial charge in [0.25, 0.3) is 11.8 Å². The minimum atomic E-state index is -0.969. The molecule has 14 nitrogen and oxygen atoms in total. The molecule has 0 radical (unpaired) electrons.